The van der Waals surface area contributed by atoms with Crippen molar-refractivity contribution in [1.82, 2.24) is 18.3 Å². The molecule has 0 radical (unpaired) electrons. The highest BCUT2D eigenvalue weighted by molar-refractivity contribution is 6.64. The predicted molar refractivity (Wildman–Crippen MR) is 479 cm³/mol. The lowest BCUT2D eigenvalue weighted by Gasteiger charge is -2.29. The standard InChI is InChI=1S/C96H106Cl4N4O8/c1-5-9-13-17-21-25-29-33-37-41-45-101-89(105)57-49-55-69-79-67(57)59(91(101)107)51-63(97)75(79)77-65(99)53-62-74-81(77)83(69)86-72(88(74)96(112)104(94(62)110)48-44-40-36-32-28-24-20-16-12-8-4)56-50-58-68-60(92(108)102(90(58)106)46-42-38-34-30-26-22-18-14-10-6-2)52-64(98)76-78-66(100)54-61-73-82(78)84(70(56)80(68)76)85(86)71(55)87(73)95(111)103(93(61)109)47-43-39-35-31-27-23-19-15-11-7-3/h49-54H,5-48H2,1-4H3. The van der Waals surface area contributed by atoms with E-state index in [1.165, 1.54) is 134 Å². The van der Waals surface area contributed by atoms with Crippen molar-refractivity contribution in [3.8, 4) is 0 Å². The third-order valence-electron chi connectivity index (χ3n) is 26.3. The molecule has 0 spiro atoms. The summed E-state index contributed by atoms with van der Waals surface area (Å²) < 4.78 is 5.44. The summed E-state index contributed by atoms with van der Waals surface area (Å²) in [5.74, 6) is 0. The van der Waals surface area contributed by atoms with Crippen molar-refractivity contribution < 1.29 is 0 Å². The average Bonchev–Trinajstić information content (AvgIpc) is 0.636. The van der Waals surface area contributed by atoms with Crippen LogP contribution in [0.4, 0.5) is 0 Å². The van der Waals surface area contributed by atoms with Crippen LogP contribution < -0.4 is 44.5 Å². The number of hydrogen-bond donors (Lipinski definition) is 0. The largest absolute Gasteiger partial charge is 0.274 e. The molecular formula is C96H106Cl4N4O8. The maximum atomic E-state index is 16.9. The van der Waals surface area contributed by atoms with Crippen molar-refractivity contribution in [2.24, 2.45) is 0 Å². The Kier molecular flexibility index (Phi) is 23.4. The highest BCUT2D eigenvalue weighted by Gasteiger charge is 2.38. The fraction of sp³-hybridized carbons (Fsp3) is 0.500. The second kappa shape index (κ2) is 33.4. The third-order valence-corrected chi connectivity index (χ3v) is 27.5. The average molecular weight is 1590 g/mol. The monoisotopic (exact) mass is 1580 g/mol. The van der Waals surface area contributed by atoms with E-state index in [4.69, 9.17) is 46.4 Å². The molecule has 586 valence electrons. The highest BCUT2D eigenvalue weighted by atomic mass is 35.5. The van der Waals surface area contributed by atoms with Gasteiger partial charge < -0.3 is 0 Å². The molecule has 0 aliphatic heterocycles. The van der Waals surface area contributed by atoms with Crippen molar-refractivity contribution >= 4 is 208 Å². The van der Waals surface area contributed by atoms with E-state index in [0.717, 1.165) is 116 Å². The summed E-state index contributed by atoms with van der Waals surface area (Å²) in [6, 6.07) is 10.3. The second-order valence-corrected chi connectivity index (χ2v) is 35.2. The van der Waals surface area contributed by atoms with Crippen molar-refractivity contribution in [1.29, 1.82) is 0 Å². The van der Waals surface area contributed by atoms with Gasteiger partial charge in [0.25, 0.3) is 44.5 Å². The molecule has 0 bridgehead atoms. The number of pyridine rings is 4. The summed E-state index contributed by atoms with van der Waals surface area (Å²) in [5.41, 5.74) is -4.05. The molecule has 4 aromatic heterocycles. The van der Waals surface area contributed by atoms with E-state index in [1.54, 1.807) is 24.3 Å². The van der Waals surface area contributed by atoms with E-state index in [0.29, 0.717) is 144 Å². The lowest BCUT2D eigenvalue weighted by molar-refractivity contribution is 0.527. The van der Waals surface area contributed by atoms with E-state index in [-0.39, 0.29) is 89.4 Å². The molecule has 0 aliphatic rings. The van der Waals surface area contributed by atoms with Gasteiger partial charge in [0.15, 0.2) is 0 Å². The van der Waals surface area contributed by atoms with Gasteiger partial charge >= 0.3 is 0 Å². The van der Waals surface area contributed by atoms with Gasteiger partial charge in [-0.05, 0) is 83.6 Å². The summed E-state index contributed by atoms with van der Waals surface area (Å²) in [4.78, 5) is 129. The molecule has 0 fully saturated rings. The van der Waals surface area contributed by atoms with Gasteiger partial charge in [0, 0.05) is 154 Å². The Morgan fingerprint density at radius 1 is 0.170 bits per heavy atom. The van der Waals surface area contributed by atoms with Gasteiger partial charge in [-0.1, -0.05) is 305 Å². The zero-order valence-corrected chi connectivity index (χ0v) is 69.2. The maximum absolute atomic E-state index is 16.9. The molecule has 16 heteroatoms. The Labute approximate surface area is 671 Å². The Balaban J connectivity index is 1.02. The first-order valence-corrected chi connectivity index (χ1v) is 45.0. The van der Waals surface area contributed by atoms with Gasteiger partial charge in [-0.3, -0.25) is 56.6 Å². The Bertz CT molecular complexity index is 6280. The number of halogens is 4. The number of unbranched alkanes of at least 4 members (excludes halogenated alkanes) is 36. The molecule has 112 heavy (non-hydrogen) atoms. The van der Waals surface area contributed by atoms with E-state index in [1.807, 2.05) is 12.1 Å². The van der Waals surface area contributed by atoms with Gasteiger partial charge in [0.1, 0.15) is 0 Å². The van der Waals surface area contributed by atoms with Gasteiger partial charge in [0.05, 0.1) is 32.3 Å². The smallest absolute Gasteiger partial charge is 0.262 e. The number of benzene rings is 12. The van der Waals surface area contributed by atoms with Gasteiger partial charge in [-0.25, -0.2) is 0 Å². The predicted octanol–water partition coefficient (Wildman–Crippen LogP) is 26.3. The number of rotatable bonds is 44. The topological polar surface area (TPSA) is 156 Å². The molecule has 16 rings (SSSR count). The van der Waals surface area contributed by atoms with Crippen LogP contribution in [0.1, 0.15) is 285 Å². The third kappa shape index (κ3) is 13.1. The Morgan fingerprint density at radius 3 is 0.562 bits per heavy atom. The van der Waals surface area contributed by atoms with E-state index in [2.05, 4.69) is 27.7 Å². The van der Waals surface area contributed by atoms with Crippen LogP contribution in [0, 0.1) is 0 Å². The van der Waals surface area contributed by atoms with Crippen LogP contribution in [0.3, 0.4) is 0 Å². The molecule has 12 nitrogen and oxygen atoms in total. The van der Waals surface area contributed by atoms with Crippen LogP contribution >= 0.6 is 46.4 Å². The van der Waals surface area contributed by atoms with Crippen LogP contribution in [0.5, 0.6) is 0 Å². The fourth-order valence-electron chi connectivity index (χ4n) is 20.7. The number of aromatic nitrogens is 4. The summed E-state index contributed by atoms with van der Waals surface area (Å²) in [6.07, 6.45) is 42.1. The summed E-state index contributed by atoms with van der Waals surface area (Å²) in [6.45, 7) is 9.44. The molecule has 12 aromatic carbocycles. The van der Waals surface area contributed by atoms with Crippen molar-refractivity contribution in [3.63, 3.8) is 0 Å². The molecule has 0 N–H and O–H groups in total. The van der Waals surface area contributed by atoms with Gasteiger partial charge in [0.2, 0.25) is 0 Å². The second-order valence-electron chi connectivity index (χ2n) is 33.6. The van der Waals surface area contributed by atoms with Crippen LogP contribution in [-0.2, 0) is 26.2 Å². The summed E-state index contributed by atoms with van der Waals surface area (Å²) in [5, 5.41) is 12.4. The normalized spacial score (nSPS) is 12.9. The molecule has 4 heterocycles. The molecule has 0 saturated heterocycles. The summed E-state index contributed by atoms with van der Waals surface area (Å²) in [7, 11) is 0. The van der Waals surface area contributed by atoms with E-state index in [9.17, 15) is 0 Å². The Morgan fingerprint density at radius 2 is 0.330 bits per heavy atom. The lowest BCUT2D eigenvalue weighted by atomic mass is 9.73. The van der Waals surface area contributed by atoms with E-state index >= 15 is 38.4 Å². The number of hydrogen-bond acceptors (Lipinski definition) is 8. The maximum Gasteiger partial charge on any atom is 0.262 e. The molecular weight excluding hydrogens is 1480 g/mol. The minimum Gasteiger partial charge on any atom is -0.274 e. The molecule has 0 aliphatic carbocycles. The first-order valence-electron chi connectivity index (χ1n) is 43.5. The van der Waals surface area contributed by atoms with Crippen molar-refractivity contribution in [2.75, 3.05) is 0 Å². The van der Waals surface area contributed by atoms with Crippen LogP contribution in [0.15, 0.2) is 74.8 Å². The lowest BCUT2D eigenvalue weighted by Crippen LogP contribution is -2.34. The number of nitrogens with zero attached hydrogens (tertiary/aromatic N) is 4. The van der Waals surface area contributed by atoms with Crippen LogP contribution in [-0.4, -0.2) is 18.3 Å². The zero-order valence-electron chi connectivity index (χ0n) is 66.1. The minimum absolute atomic E-state index is 0.110. The van der Waals surface area contributed by atoms with E-state index < -0.39 is 44.5 Å². The number of fused-ring (bicyclic) bond motifs is 6. The quantitative estimate of drug-likeness (QED) is 0.0208. The first kappa shape index (κ1) is 78.4. The Hall–Kier alpha value is -7.48. The van der Waals surface area contributed by atoms with Crippen LogP contribution in [0.2, 0.25) is 20.1 Å². The molecule has 0 unspecified atom stereocenters. The van der Waals surface area contributed by atoms with Gasteiger partial charge in [-0.15, -0.1) is 0 Å². The highest BCUT2D eigenvalue weighted by Crippen LogP contribution is 2.62. The van der Waals surface area contributed by atoms with Crippen LogP contribution in [0.25, 0.3) is 162 Å². The van der Waals surface area contributed by atoms with Crippen molar-refractivity contribution in [3.05, 3.63) is 139 Å². The molecule has 0 amide bonds. The molecule has 16 aromatic rings. The SMILES string of the molecule is CCCCCCCCCCCCn1c(=O)c2cc(Cl)c3c4c(Cl)cc5c(=O)n(CCCCCCCCCCCC)c(=O)c6c5c4c4c5c(cc(c1=O)c2c35)c1c2c(=O)n(CCCCCCCCCCCC)c(=O)c3cc(Cl)c5c7c(Cl)cc8c(=O)n(CCCCCCCCCCCC)c(=O)c9cc%10c6c4c1c(c%10c7c89)c5c32. The summed E-state index contributed by atoms with van der Waals surface area (Å²) >= 11 is 31.7. The van der Waals surface area contributed by atoms with Gasteiger partial charge in [-0.2, -0.15) is 0 Å². The van der Waals surface area contributed by atoms with Crippen molar-refractivity contribution in [2.45, 2.75) is 311 Å². The molecule has 0 saturated carbocycles. The molecule has 0 atom stereocenters. The minimum atomic E-state index is -0.540. The zero-order chi connectivity index (χ0) is 77.9. The first-order chi connectivity index (χ1) is 54.6. The fourth-order valence-corrected chi connectivity index (χ4v) is 21.9.